The van der Waals surface area contributed by atoms with Gasteiger partial charge in [-0.3, -0.25) is 0 Å². The predicted octanol–water partition coefficient (Wildman–Crippen LogP) is -0.244. The van der Waals surface area contributed by atoms with E-state index in [0.717, 1.165) is 6.08 Å². The third kappa shape index (κ3) is 12.4. The highest BCUT2D eigenvalue weighted by Gasteiger charge is 2.02. The first-order chi connectivity index (χ1) is 6.84. The van der Waals surface area contributed by atoms with E-state index in [2.05, 4.69) is 17.9 Å². The first-order valence-electron chi connectivity index (χ1n) is 4.23. The Morgan fingerprint density at radius 1 is 1.60 bits per heavy atom. The van der Waals surface area contributed by atoms with Crippen LogP contribution in [0.2, 0.25) is 0 Å². The van der Waals surface area contributed by atoms with Crippen molar-refractivity contribution < 1.29 is 24.5 Å². The van der Waals surface area contributed by atoms with Crippen LogP contribution in [0.15, 0.2) is 24.8 Å². The molecule has 0 radical (unpaired) electrons. The van der Waals surface area contributed by atoms with Gasteiger partial charge in [-0.25, -0.2) is 4.79 Å². The van der Waals surface area contributed by atoms with E-state index < -0.39 is 18.2 Å². The summed E-state index contributed by atoms with van der Waals surface area (Å²) in [7, 11) is 0. The van der Waals surface area contributed by atoms with E-state index in [1.165, 1.54) is 6.92 Å². The summed E-state index contributed by atoms with van der Waals surface area (Å²) >= 11 is 0. The topological polar surface area (TPSA) is 86.7 Å². The molecule has 86 valence electrons. The molecular formula is C10H15O5-. The fourth-order valence-corrected chi connectivity index (χ4v) is 0.266. The number of esters is 1. The molecule has 5 heteroatoms. The Kier molecular flexibility index (Phi) is 9.45. The molecular weight excluding hydrogens is 200 g/mol. The molecule has 0 aliphatic carbocycles. The summed E-state index contributed by atoms with van der Waals surface area (Å²) in [6.45, 7) is 9.35. The second kappa shape index (κ2) is 8.96. The fraction of sp³-hybridized carbons (Fsp3) is 0.400. The Morgan fingerprint density at radius 2 is 2.00 bits per heavy atom. The fourth-order valence-electron chi connectivity index (χ4n) is 0.266. The molecule has 0 spiro atoms. The second-order valence-electron chi connectivity index (χ2n) is 2.57. The van der Waals surface area contributed by atoms with Crippen LogP contribution in [0.25, 0.3) is 0 Å². The molecule has 0 rings (SSSR count). The highest BCUT2D eigenvalue weighted by atomic mass is 16.6. The third-order valence-corrected chi connectivity index (χ3v) is 1.12. The van der Waals surface area contributed by atoms with Gasteiger partial charge in [-0.05, 0) is 12.5 Å². The molecule has 0 aromatic rings. The van der Waals surface area contributed by atoms with Crippen molar-refractivity contribution >= 4 is 11.9 Å². The van der Waals surface area contributed by atoms with Crippen LogP contribution in [0.4, 0.5) is 0 Å². The van der Waals surface area contributed by atoms with Crippen molar-refractivity contribution in [2.24, 2.45) is 0 Å². The normalized spacial score (nSPS) is 10.3. The van der Waals surface area contributed by atoms with Gasteiger partial charge in [0.1, 0.15) is 0 Å². The molecule has 1 atom stereocenters. The van der Waals surface area contributed by atoms with Crippen LogP contribution in [0, 0.1) is 0 Å². The quantitative estimate of drug-likeness (QED) is 0.397. The monoisotopic (exact) mass is 215 g/mol. The Labute approximate surface area is 88.7 Å². The van der Waals surface area contributed by atoms with Gasteiger partial charge in [0.25, 0.3) is 0 Å². The zero-order valence-electron chi connectivity index (χ0n) is 8.86. The van der Waals surface area contributed by atoms with Crippen molar-refractivity contribution in [3.05, 3.63) is 24.8 Å². The lowest BCUT2D eigenvalue weighted by Crippen LogP contribution is -2.22. The molecule has 0 aromatic carbocycles. The van der Waals surface area contributed by atoms with Crippen LogP contribution in [0.3, 0.4) is 0 Å². The van der Waals surface area contributed by atoms with Crippen LogP contribution in [-0.2, 0) is 14.3 Å². The minimum atomic E-state index is -1.19. The number of carbonyl (C=O) groups excluding carboxylic acids is 2. The number of rotatable bonds is 4. The number of aliphatic carboxylic acids is 1. The van der Waals surface area contributed by atoms with Crippen molar-refractivity contribution in [3.63, 3.8) is 0 Å². The van der Waals surface area contributed by atoms with Gasteiger partial charge < -0.3 is 19.7 Å². The van der Waals surface area contributed by atoms with Gasteiger partial charge in [0.2, 0.25) is 6.29 Å². The minimum absolute atomic E-state index is 0.0648. The van der Waals surface area contributed by atoms with Gasteiger partial charge in [-0.1, -0.05) is 20.1 Å². The van der Waals surface area contributed by atoms with Gasteiger partial charge in [-0.15, -0.1) is 0 Å². The molecule has 0 aliphatic heterocycles. The average molecular weight is 215 g/mol. The van der Waals surface area contributed by atoms with Gasteiger partial charge in [0.05, 0.1) is 5.97 Å². The van der Waals surface area contributed by atoms with E-state index >= 15 is 0 Å². The molecule has 0 aromatic heterocycles. The standard InChI is InChI=1S/C6H10O3.C4H6O2/c1-3-5(7)9-6(8)4-2;1-3(2)4(5)6/h3,6,8H,1,4H2,2H3;1H2,2H3,(H,5,6)/p-1. The van der Waals surface area contributed by atoms with E-state index in [-0.39, 0.29) is 5.57 Å². The first kappa shape index (κ1) is 15.8. The zero-order valence-corrected chi connectivity index (χ0v) is 8.86. The Morgan fingerprint density at radius 3 is 2.20 bits per heavy atom. The summed E-state index contributed by atoms with van der Waals surface area (Å²) in [5, 5.41) is 18.2. The average Bonchev–Trinajstić information content (AvgIpc) is 2.18. The van der Waals surface area contributed by atoms with E-state index in [0.29, 0.717) is 6.42 Å². The molecule has 0 saturated heterocycles. The maximum Gasteiger partial charge on any atom is 0.332 e. The molecule has 0 amide bonds. The third-order valence-electron chi connectivity index (χ3n) is 1.12. The number of aliphatic hydroxyl groups excluding tert-OH is 1. The molecule has 15 heavy (non-hydrogen) atoms. The van der Waals surface area contributed by atoms with Crippen LogP contribution in [0.5, 0.6) is 0 Å². The summed E-state index contributed by atoms with van der Waals surface area (Å²) in [6.07, 6.45) is 0.425. The number of aliphatic hydroxyl groups is 1. The van der Waals surface area contributed by atoms with Crippen LogP contribution in [0.1, 0.15) is 20.3 Å². The Hall–Kier alpha value is -1.62. The Bertz CT molecular complexity index is 232. The maximum absolute atomic E-state index is 10.3. The number of carboxylic acid groups (broad SMARTS) is 1. The maximum atomic E-state index is 10.3. The largest absolute Gasteiger partial charge is 0.545 e. The number of hydrogen-bond acceptors (Lipinski definition) is 5. The van der Waals surface area contributed by atoms with Crippen molar-refractivity contribution in [2.45, 2.75) is 26.6 Å². The van der Waals surface area contributed by atoms with E-state index in [9.17, 15) is 14.7 Å². The highest BCUT2D eigenvalue weighted by molar-refractivity contribution is 5.82. The molecule has 5 nitrogen and oxygen atoms in total. The van der Waals surface area contributed by atoms with Crippen LogP contribution >= 0.6 is 0 Å². The van der Waals surface area contributed by atoms with Crippen molar-refractivity contribution in [1.29, 1.82) is 0 Å². The minimum Gasteiger partial charge on any atom is -0.545 e. The van der Waals surface area contributed by atoms with Gasteiger partial charge in [-0.2, -0.15) is 0 Å². The SMILES string of the molecule is C=C(C)C(=O)[O-].C=CC(=O)OC(O)CC. The molecule has 0 heterocycles. The molecule has 0 aliphatic rings. The molecule has 1 unspecified atom stereocenters. The predicted molar refractivity (Wildman–Crippen MR) is 52.4 cm³/mol. The van der Waals surface area contributed by atoms with E-state index in [1.54, 1.807) is 6.92 Å². The lowest BCUT2D eigenvalue weighted by Gasteiger charge is -2.05. The van der Waals surface area contributed by atoms with Gasteiger partial charge in [0, 0.05) is 12.5 Å². The number of hydrogen-bond donors (Lipinski definition) is 1. The van der Waals surface area contributed by atoms with E-state index in [4.69, 9.17) is 5.11 Å². The molecule has 0 fully saturated rings. The lowest BCUT2D eigenvalue weighted by molar-refractivity contribution is -0.299. The summed E-state index contributed by atoms with van der Waals surface area (Å²) in [5.41, 5.74) is 0.0648. The second-order valence-corrected chi connectivity index (χ2v) is 2.57. The van der Waals surface area contributed by atoms with Crippen LogP contribution in [-0.4, -0.2) is 23.3 Å². The zero-order chi connectivity index (χ0) is 12.4. The highest BCUT2D eigenvalue weighted by Crippen LogP contribution is 1.92. The molecule has 0 saturated carbocycles. The van der Waals surface area contributed by atoms with Gasteiger partial charge >= 0.3 is 5.97 Å². The summed E-state index contributed by atoms with van der Waals surface area (Å²) in [5.74, 6) is -1.78. The summed E-state index contributed by atoms with van der Waals surface area (Å²) in [4.78, 5) is 19.8. The van der Waals surface area contributed by atoms with Crippen LogP contribution < -0.4 is 5.11 Å². The van der Waals surface area contributed by atoms with Crippen molar-refractivity contribution in [1.82, 2.24) is 0 Å². The Balaban J connectivity index is 0. The van der Waals surface area contributed by atoms with Gasteiger partial charge in [0.15, 0.2) is 0 Å². The first-order valence-corrected chi connectivity index (χ1v) is 4.23. The van der Waals surface area contributed by atoms with E-state index in [1.807, 2.05) is 0 Å². The molecule has 1 N–H and O–H groups in total. The smallest absolute Gasteiger partial charge is 0.332 e. The van der Waals surface area contributed by atoms with Crippen molar-refractivity contribution in [2.75, 3.05) is 0 Å². The number of carboxylic acids is 1. The van der Waals surface area contributed by atoms with Crippen molar-refractivity contribution in [3.8, 4) is 0 Å². The summed E-state index contributed by atoms with van der Waals surface area (Å²) in [6, 6.07) is 0. The lowest BCUT2D eigenvalue weighted by atomic mass is 10.4. The molecule has 0 bridgehead atoms. The number of carbonyl (C=O) groups is 2. The summed E-state index contributed by atoms with van der Waals surface area (Å²) < 4.78 is 4.35. The number of ether oxygens (including phenoxy) is 1.